The molecule has 0 atom stereocenters. The van der Waals surface area contributed by atoms with Crippen LogP contribution < -0.4 is 0 Å². The number of ether oxygens (including phenoxy) is 1. The van der Waals surface area contributed by atoms with Crippen molar-refractivity contribution in [2.45, 2.75) is 22.6 Å². The predicted molar refractivity (Wildman–Crippen MR) is 109 cm³/mol. The summed E-state index contributed by atoms with van der Waals surface area (Å²) in [7, 11) is 4.11. The highest BCUT2D eigenvalue weighted by atomic mass is 32.2. The third-order valence-electron chi connectivity index (χ3n) is 4.53. The van der Waals surface area contributed by atoms with Gasteiger partial charge < -0.3 is 14.1 Å². The largest absolute Gasteiger partial charge is 0.440 e. The van der Waals surface area contributed by atoms with Gasteiger partial charge in [-0.25, -0.2) is 4.98 Å². The second-order valence-corrected chi connectivity index (χ2v) is 7.98. The van der Waals surface area contributed by atoms with Crippen molar-refractivity contribution in [1.29, 1.82) is 0 Å². The maximum Gasteiger partial charge on any atom is 0.195 e. The lowest BCUT2D eigenvalue weighted by Crippen LogP contribution is -2.18. The molecule has 2 heterocycles. The van der Waals surface area contributed by atoms with Crippen LogP contribution in [0.4, 0.5) is 0 Å². The molecule has 0 aliphatic carbocycles. The molecular weight excluding hydrogens is 356 g/mol. The van der Waals surface area contributed by atoms with E-state index in [-0.39, 0.29) is 0 Å². The van der Waals surface area contributed by atoms with Gasteiger partial charge in [0.15, 0.2) is 11.7 Å². The van der Waals surface area contributed by atoms with Crippen LogP contribution in [-0.2, 0) is 11.2 Å². The zero-order valence-electron chi connectivity index (χ0n) is 15.8. The summed E-state index contributed by atoms with van der Waals surface area (Å²) in [6, 6.07) is 16.8. The summed E-state index contributed by atoms with van der Waals surface area (Å²) >= 11 is 1.78. The lowest BCUT2D eigenvalue weighted by molar-refractivity contribution is 0.115. The molecule has 0 saturated carbocycles. The summed E-state index contributed by atoms with van der Waals surface area (Å²) in [5.41, 5.74) is 3.21. The molecule has 0 spiro atoms. The first-order valence-corrected chi connectivity index (χ1v) is 10.1. The van der Waals surface area contributed by atoms with Gasteiger partial charge in [0.1, 0.15) is 5.69 Å². The summed E-state index contributed by atoms with van der Waals surface area (Å²) < 4.78 is 11.9. The molecule has 0 N–H and O–H groups in total. The van der Waals surface area contributed by atoms with Gasteiger partial charge in [0.25, 0.3) is 0 Å². The van der Waals surface area contributed by atoms with E-state index in [2.05, 4.69) is 67.5 Å². The molecular formula is C22H24N2O2S. The average molecular weight is 381 g/mol. The third kappa shape index (κ3) is 4.10. The van der Waals surface area contributed by atoms with Gasteiger partial charge in [-0.15, -0.1) is 0 Å². The van der Waals surface area contributed by atoms with Gasteiger partial charge in [0, 0.05) is 40.5 Å². The Balaban J connectivity index is 1.55. The van der Waals surface area contributed by atoms with Crippen molar-refractivity contribution in [2.75, 3.05) is 33.9 Å². The Morgan fingerprint density at radius 3 is 2.44 bits per heavy atom. The van der Waals surface area contributed by atoms with E-state index in [9.17, 15) is 0 Å². The number of rotatable bonds is 7. The number of likely N-dealkylation sites (N-methyl/N-ethyl adjacent to an activating group) is 1. The first kappa shape index (κ1) is 18.3. The maximum absolute atomic E-state index is 6.23. The molecule has 4 rings (SSSR count). The molecule has 1 aliphatic heterocycles. The molecule has 3 aromatic rings. The van der Waals surface area contributed by atoms with Gasteiger partial charge in [-0.3, -0.25) is 0 Å². The molecule has 0 bridgehead atoms. The zero-order chi connectivity index (χ0) is 18.6. The molecule has 0 fully saturated rings. The minimum atomic E-state index is 0.726. The van der Waals surface area contributed by atoms with Crippen LogP contribution in [0.2, 0.25) is 0 Å². The first-order valence-electron chi connectivity index (χ1n) is 9.31. The minimum Gasteiger partial charge on any atom is -0.440 e. The number of fused-ring (bicyclic) bond motifs is 5. The van der Waals surface area contributed by atoms with Gasteiger partial charge >= 0.3 is 0 Å². The van der Waals surface area contributed by atoms with Crippen molar-refractivity contribution in [3.05, 3.63) is 54.4 Å². The molecule has 1 aliphatic rings. The van der Waals surface area contributed by atoms with Crippen molar-refractivity contribution in [3.8, 4) is 22.6 Å². The third-order valence-corrected chi connectivity index (χ3v) is 5.68. The summed E-state index contributed by atoms with van der Waals surface area (Å²) in [5.74, 6) is 1.67. The Labute approximate surface area is 164 Å². The van der Waals surface area contributed by atoms with Gasteiger partial charge in [-0.2, -0.15) is 0 Å². The van der Waals surface area contributed by atoms with E-state index in [1.54, 1.807) is 11.8 Å². The Kier molecular flexibility index (Phi) is 5.62. The normalized spacial score (nSPS) is 12.4. The molecule has 4 nitrogen and oxygen atoms in total. The molecule has 0 unspecified atom stereocenters. The fourth-order valence-electron chi connectivity index (χ4n) is 3.12. The van der Waals surface area contributed by atoms with Crippen LogP contribution in [0.1, 0.15) is 12.3 Å². The van der Waals surface area contributed by atoms with Gasteiger partial charge in [-0.1, -0.05) is 48.2 Å². The van der Waals surface area contributed by atoms with Crippen LogP contribution in [0.25, 0.3) is 22.6 Å². The van der Waals surface area contributed by atoms with E-state index in [1.807, 2.05) is 0 Å². The highest BCUT2D eigenvalue weighted by Crippen LogP contribution is 2.47. The monoisotopic (exact) mass is 380 g/mol. The van der Waals surface area contributed by atoms with Crippen molar-refractivity contribution in [2.24, 2.45) is 0 Å². The molecule has 2 aromatic carbocycles. The molecule has 5 heteroatoms. The van der Waals surface area contributed by atoms with E-state index < -0.39 is 0 Å². The number of nitrogens with zero attached hydrogens (tertiary/aromatic N) is 2. The highest BCUT2D eigenvalue weighted by Gasteiger charge is 2.24. The number of aromatic nitrogens is 1. The van der Waals surface area contributed by atoms with E-state index >= 15 is 0 Å². The van der Waals surface area contributed by atoms with Crippen LogP contribution in [0.15, 0.2) is 62.7 Å². The topological polar surface area (TPSA) is 38.5 Å². The standard InChI is InChI=1S/C22H24N2O2S/c1-24(2)13-15-25-14-7-12-20-23-21-16-8-3-5-10-18(16)27-19-11-6-4-9-17(19)22(21)26-20/h3-6,8-11H,7,12-15H2,1-2H3. The SMILES string of the molecule is CN(C)CCOCCCc1nc2c(o1)-c1ccccc1Sc1ccccc1-2. The van der Waals surface area contributed by atoms with E-state index in [0.717, 1.165) is 61.1 Å². The fraction of sp³-hybridized carbons (Fsp3) is 0.318. The zero-order valence-corrected chi connectivity index (χ0v) is 16.6. The number of benzene rings is 2. The lowest BCUT2D eigenvalue weighted by atomic mass is 10.1. The number of hydrogen-bond donors (Lipinski definition) is 0. The van der Waals surface area contributed by atoms with E-state index in [4.69, 9.17) is 14.1 Å². The quantitative estimate of drug-likeness (QED) is 0.423. The van der Waals surface area contributed by atoms with Crippen LogP contribution >= 0.6 is 11.8 Å². The maximum atomic E-state index is 6.23. The number of hydrogen-bond acceptors (Lipinski definition) is 5. The van der Waals surface area contributed by atoms with Crippen molar-refractivity contribution < 1.29 is 9.15 Å². The van der Waals surface area contributed by atoms with Crippen molar-refractivity contribution >= 4 is 11.8 Å². The van der Waals surface area contributed by atoms with E-state index in [0.29, 0.717) is 0 Å². The molecule has 0 saturated heterocycles. The predicted octanol–water partition coefficient (Wildman–Crippen LogP) is 4.98. The average Bonchev–Trinajstić information content (AvgIpc) is 3.04. The molecule has 27 heavy (non-hydrogen) atoms. The summed E-state index contributed by atoms with van der Waals surface area (Å²) in [6.07, 6.45) is 1.69. The smallest absolute Gasteiger partial charge is 0.195 e. The van der Waals surface area contributed by atoms with Crippen LogP contribution in [0.5, 0.6) is 0 Å². The Morgan fingerprint density at radius 2 is 1.67 bits per heavy atom. The fourth-order valence-corrected chi connectivity index (χ4v) is 4.20. The van der Waals surface area contributed by atoms with Crippen molar-refractivity contribution in [1.82, 2.24) is 9.88 Å². The van der Waals surface area contributed by atoms with Crippen LogP contribution in [-0.4, -0.2) is 43.7 Å². The van der Waals surface area contributed by atoms with Crippen molar-refractivity contribution in [3.63, 3.8) is 0 Å². The Hall–Kier alpha value is -2.08. The van der Waals surface area contributed by atoms with Gasteiger partial charge in [-0.05, 0) is 32.6 Å². The van der Waals surface area contributed by atoms with Crippen LogP contribution in [0, 0.1) is 0 Å². The lowest BCUT2D eigenvalue weighted by Gasteiger charge is -2.09. The second-order valence-electron chi connectivity index (χ2n) is 6.90. The highest BCUT2D eigenvalue weighted by molar-refractivity contribution is 7.99. The first-order chi connectivity index (χ1) is 13.2. The molecule has 140 valence electrons. The molecule has 1 aromatic heterocycles. The summed E-state index contributed by atoms with van der Waals surface area (Å²) in [6.45, 7) is 2.43. The van der Waals surface area contributed by atoms with Gasteiger partial charge in [0.2, 0.25) is 0 Å². The molecule has 0 amide bonds. The van der Waals surface area contributed by atoms with Crippen LogP contribution in [0.3, 0.4) is 0 Å². The Morgan fingerprint density at radius 1 is 0.963 bits per heavy atom. The second kappa shape index (κ2) is 8.30. The number of aryl methyl sites for hydroxylation is 1. The minimum absolute atomic E-state index is 0.726. The molecule has 0 radical (unpaired) electrons. The summed E-state index contributed by atoms with van der Waals surface area (Å²) in [5, 5.41) is 0. The summed E-state index contributed by atoms with van der Waals surface area (Å²) in [4.78, 5) is 9.40. The Bertz CT molecular complexity index is 857. The van der Waals surface area contributed by atoms with Gasteiger partial charge in [0.05, 0.1) is 6.61 Å². The number of oxazole rings is 1. The van der Waals surface area contributed by atoms with E-state index in [1.165, 1.54) is 9.79 Å².